The number of hydrogen-bond donors (Lipinski definition) is 1. The summed E-state index contributed by atoms with van der Waals surface area (Å²) in [7, 11) is 4.87. The fourth-order valence-corrected chi connectivity index (χ4v) is 2.99. The SMILES string of the molecule is COc1ccccc1Nc1cnc2ccc(-c3ccc(OC)c(OC)c3)nn12. The first-order valence-electron chi connectivity index (χ1n) is 8.70. The van der Waals surface area contributed by atoms with Gasteiger partial charge in [-0.3, -0.25) is 0 Å². The summed E-state index contributed by atoms with van der Waals surface area (Å²) in [6.45, 7) is 0. The third-order valence-electron chi connectivity index (χ3n) is 4.41. The van der Waals surface area contributed by atoms with Crippen LogP contribution in [0.25, 0.3) is 16.9 Å². The first-order chi connectivity index (χ1) is 13.7. The summed E-state index contributed by atoms with van der Waals surface area (Å²) >= 11 is 0. The quantitative estimate of drug-likeness (QED) is 0.545. The van der Waals surface area contributed by atoms with Gasteiger partial charge in [0.1, 0.15) is 5.75 Å². The first-order valence-corrected chi connectivity index (χ1v) is 8.70. The zero-order valence-corrected chi connectivity index (χ0v) is 15.8. The van der Waals surface area contributed by atoms with Gasteiger partial charge in [0, 0.05) is 5.56 Å². The van der Waals surface area contributed by atoms with Gasteiger partial charge in [0.25, 0.3) is 0 Å². The highest BCUT2D eigenvalue weighted by Crippen LogP contribution is 2.32. The molecule has 0 fully saturated rings. The molecule has 142 valence electrons. The summed E-state index contributed by atoms with van der Waals surface area (Å²) in [4.78, 5) is 4.42. The second-order valence-corrected chi connectivity index (χ2v) is 6.03. The third-order valence-corrected chi connectivity index (χ3v) is 4.41. The largest absolute Gasteiger partial charge is 0.495 e. The average Bonchev–Trinajstić information content (AvgIpc) is 3.15. The van der Waals surface area contributed by atoms with Crippen LogP contribution in [0.4, 0.5) is 11.5 Å². The van der Waals surface area contributed by atoms with Crippen LogP contribution >= 0.6 is 0 Å². The molecule has 2 aromatic heterocycles. The molecule has 0 aliphatic heterocycles. The molecule has 7 nitrogen and oxygen atoms in total. The van der Waals surface area contributed by atoms with Crippen molar-refractivity contribution in [3.8, 4) is 28.5 Å². The van der Waals surface area contributed by atoms with E-state index in [0.29, 0.717) is 11.5 Å². The number of fused-ring (bicyclic) bond motifs is 1. The Morgan fingerprint density at radius 2 is 1.61 bits per heavy atom. The van der Waals surface area contributed by atoms with Crippen molar-refractivity contribution >= 4 is 17.2 Å². The second kappa shape index (κ2) is 7.48. The van der Waals surface area contributed by atoms with E-state index in [0.717, 1.165) is 34.2 Å². The number of aromatic nitrogens is 3. The summed E-state index contributed by atoms with van der Waals surface area (Å²) in [5.74, 6) is 2.81. The molecule has 7 heteroatoms. The Morgan fingerprint density at radius 3 is 2.39 bits per heavy atom. The van der Waals surface area contributed by atoms with E-state index in [1.165, 1.54) is 0 Å². The number of imidazole rings is 1. The standard InChI is InChI=1S/C21H20N4O3/c1-26-17-7-5-4-6-16(17)23-21-13-22-20-11-9-15(24-25(20)21)14-8-10-18(27-2)19(12-14)28-3/h4-13,23H,1-3H3. The van der Waals surface area contributed by atoms with Crippen LogP contribution in [-0.2, 0) is 0 Å². The number of rotatable bonds is 6. The summed E-state index contributed by atoms with van der Waals surface area (Å²) in [5, 5.41) is 8.08. The van der Waals surface area contributed by atoms with Gasteiger partial charge < -0.3 is 19.5 Å². The highest BCUT2D eigenvalue weighted by atomic mass is 16.5. The fraction of sp³-hybridized carbons (Fsp3) is 0.143. The van der Waals surface area contributed by atoms with Crippen molar-refractivity contribution < 1.29 is 14.2 Å². The molecule has 0 amide bonds. The summed E-state index contributed by atoms with van der Waals surface area (Å²) in [6.07, 6.45) is 1.74. The lowest BCUT2D eigenvalue weighted by atomic mass is 10.1. The van der Waals surface area contributed by atoms with Gasteiger partial charge in [-0.25, -0.2) is 4.98 Å². The Hall–Kier alpha value is -3.74. The van der Waals surface area contributed by atoms with Crippen molar-refractivity contribution in [3.05, 3.63) is 60.8 Å². The molecular weight excluding hydrogens is 356 g/mol. The summed E-state index contributed by atoms with van der Waals surface area (Å²) in [5.41, 5.74) is 3.28. The molecule has 0 aliphatic rings. The van der Waals surface area contributed by atoms with Crippen LogP contribution in [0.1, 0.15) is 0 Å². The van der Waals surface area contributed by atoms with Crippen LogP contribution in [-0.4, -0.2) is 35.9 Å². The number of anilines is 2. The molecule has 0 radical (unpaired) electrons. The van der Waals surface area contributed by atoms with Gasteiger partial charge in [-0.05, 0) is 42.5 Å². The molecule has 2 aromatic carbocycles. The molecule has 0 bridgehead atoms. The first kappa shape index (κ1) is 17.7. The van der Waals surface area contributed by atoms with Crippen LogP contribution in [0.5, 0.6) is 17.2 Å². The molecule has 0 spiro atoms. The predicted octanol–water partition coefficient (Wildman–Crippen LogP) is 4.17. The molecular formula is C21H20N4O3. The molecule has 1 N–H and O–H groups in total. The van der Waals surface area contributed by atoms with Crippen LogP contribution in [0.2, 0.25) is 0 Å². The van der Waals surface area contributed by atoms with Gasteiger partial charge >= 0.3 is 0 Å². The molecule has 4 aromatic rings. The molecule has 4 rings (SSSR count). The molecule has 0 saturated heterocycles. The number of methoxy groups -OCH3 is 3. The predicted molar refractivity (Wildman–Crippen MR) is 108 cm³/mol. The zero-order chi connectivity index (χ0) is 19.5. The van der Waals surface area contributed by atoms with E-state index >= 15 is 0 Å². The Balaban J connectivity index is 1.74. The van der Waals surface area contributed by atoms with Crippen molar-refractivity contribution in [3.63, 3.8) is 0 Å². The van der Waals surface area contributed by atoms with Crippen LogP contribution < -0.4 is 19.5 Å². The fourth-order valence-electron chi connectivity index (χ4n) is 2.99. The number of nitrogens with one attached hydrogen (secondary N) is 1. The Bertz CT molecular complexity index is 1120. The van der Waals surface area contributed by atoms with Gasteiger partial charge in [0.05, 0.1) is 38.9 Å². The highest BCUT2D eigenvalue weighted by Gasteiger charge is 2.11. The molecule has 0 saturated carbocycles. The number of ether oxygens (including phenoxy) is 3. The number of benzene rings is 2. The lowest BCUT2D eigenvalue weighted by Gasteiger charge is -2.11. The molecule has 28 heavy (non-hydrogen) atoms. The average molecular weight is 376 g/mol. The number of hydrogen-bond acceptors (Lipinski definition) is 6. The molecule has 0 aliphatic carbocycles. The Morgan fingerprint density at radius 1 is 0.821 bits per heavy atom. The zero-order valence-electron chi connectivity index (χ0n) is 15.8. The minimum absolute atomic E-state index is 0.653. The monoisotopic (exact) mass is 376 g/mol. The lowest BCUT2D eigenvalue weighted by Crippen LogP contribution is -2.01. The summed E-state index contributed by atoms with van der Waals surface area (Å²) in [6, 6.07) is 17.3. The van der Waals surface area contributed by atoms with E-state index < -0.39 is 0 Å². The Kier molecular flexibility index (Phi) is 4.72. The van der Waals surface area contributed by atoms with E-state index in [1.807, 2.05) is 54.6 Å². The van der Waals surface area contributed by atoms with E-state index in [4.69, 9.17) is 19.3 Å². The van der Waals surface area contributed by atoms with Crippen molar-refractivity contribution in [2.75, 3.05) is 26.6 Å². The van der Waals surface area contributed by atoms with Gasteiger partial charge in [-0.1, -0.05) is 12.1 Å². The van der Waals surface area contributed by atoms with Crippen molar-refractivity contribution in [2.24, 2.45) is 0 Å². The lowest BCUT2D eigenvalue weighted by molar-refractivity contribution is 0.355. The Labute approximate surface area is 162 Å². The maximum Gasteiger partial charge on any atom is 0.161 e. The highest BCUT2D eigenvalue weighted by molar-refractivity contribution is 5.68. The van der Waals surface area contributed by atoms with Crippen LogP contribution in [0, 0.1) is 0 Å². The number of para-hydroxylation sites is 2. The van der Waals surface area contributed by atoms with Crippen molar-refractivity contribution in [1.82, 2.24) is 14.6 Å². The molecule has 0 unspecified atom stereocenters. The van der Waals surface area contributed by atoms with Gasteiger partial charge in [0.15, 0.2) is 23.0 Å². The van der Waals surface area contributed by atoms with Gasteiger partial charge in [-0.2, -0.15) is 9.61 Å². The smallest absolute Gasteiger partial charge is 0.161 e. The normalized spacial score (nSPS) is 10.7. The van der Waals surface area contributed by atoms with Crippen LogP contribution in [0.15, 0.2) is 60.8 Å². The second-order valence-electron chi connectivity index (χ2n) is 6.03. The minimum Gasteiger partial charge on any atom is -0.495 e. The van der Waals surface area contributed by atoms with Crippen LogP contribution in [0.3, 0.4) is 0 Å². The minimum atomic E-state index is 0.653. The maximum atomic E-state index is 5.41. The maximum absolute atomic E-state index is 5.41. The van der Waals surface area contributed by atoms with E-state index in [1.54, 1.807) is 32.0 Å². The molecule has 2 heterocycles. The molecule has 0 atom stereocenters. The third kappa shape index (κ3) is 3.18. The number of nitrogens with zero attached hydrogens (tertiary/aromatic N) is 3. The van der Waals surface area contributed by atoms with E-state index in [-0.39, 0.29) is 0 Å². The van der Waals surface area contributed by atoms with E-state index in [2.05, 4.69) is 10.3 Å². The topological polar surface area (TPSA) is 69.9 Å². The van der Waals surface area contributed by atoms with Crippen molar-refractivity contribution in [1.29, 1.82) is 0 Å². The summed E-state index contributed by atoms with van der Waals surface area (Å²) < 4.78 is 17.9. The van der Waals surface area contributed by atoms with E-state index in [9.17, 15) is 0 Å². The van der Waals surface area contributed by atoms with Gasteiger partial charge in [-0.15, -0.1) is 0 Å². The van der Waals surface area contributed by atoms with Gasteiger partial charge in [0.2, 0.25) is 0 Å². The van der Waals surface area contributed by atoms with Crippen molar-refractivity contribution in [2.45, 2.75) is 0 Å².